The number of hydrogen-bond acceptors (Lipinski definition) is 4. The molecule has 4 nitrogen and oxygen atoms in total. The first-order valence-electron chi connectivity index (χ1n) is 7.19. The lowest BCUT2D eigenvalue weighted by Gasteiger charge is -2.29. The summed E-state index contributed by atoms with van der Waals surface area (Å²) in [5.41, 5.74) is 0. The lowest BCUT2D eigenvalue weighted by molar-refractivity contribution is -0.143. The fraction of sp³-hybridized carbons (Fsp3) is 0.929. The average Bonchev–Trinajstić information content (AvgIpc) is 2.29. The molecule has 4 heteroatoms. The van der Waals surface area contributed by atoms with Crippen molar-refractivity contribution in [3.8, 4) is 0 Å². The van der Waals surface area contributed by atoms with E-state index < -0.39 is 0 Å². The van der Waals surface area contributed by atoms with Crippen LogP contribution in [0.25, 0.3) is 0 Å². The highest BCUT2D eigenvalue weighted by molar-refractivity contribution is 5.75. The molecule has 18 heavy (non-hydrogen) atoms. The Balaban J connectivity index is 2.48. The van der Waals surface area contributed by atoms with Gasteiger partial charge in [-0.05, 0) is 25.9 Å². The van der Waals surface area contributed by atoms with Crippen LogP contribution in [0, 0.1) is 0 Å². The lowest BCUT2D eigenvalue weighted by Crippen LogP contribution is -2.49. The fourth-order valence-corrected chi connectivity index (χ4v) is 2.49. The van der Waals surface area contributed by atoms with Crippen molar-refractivity contribution < 1.29 is 9.53 Å². The van der Waals surface area contributed by atoms with Crippen molar-refractivity contribution >= 4 is 5.97 Å². The smallest absolute Gasteiger partial charge is 0.324 e. The van der Waals surface area contributed by atoms with Gasteiger partial charge in [0.2, 0.25) is 0 Å². The first kappa shape index (κ1) is 15.4. The quantitative estimate of drug-likeness (QED) is 0.762. The molecular formula is C14H28N2O2. The van der Waals surface area contributed by atoms with Gasteiger partial charge in [0.05, 0.1) is 7.11 Å². The first-order valence-corrected chi connectivity index (χ1v) is 7.19. The molecule has 1 unspecified atom stereocenters. The minimum atomic E-state index is -0.200. The van der Waals surface area contributed by atoms with Gasteiger partial charge in [0.15, 0.2) is 0 Å². The molecule has 0 radical (unpaired) electrons. The number of hydrogen-bond donors (Lipinski definition) is 1. The third-order valence-corrected chi connectivity index (χ3v) is 3.41. The monoisotopic (exact) mass is 256 g/mol. The topological polar surface area (TPSA) is 41.6 Å². The summed E-state index contributed by atoms with van der Waals surface area (Å²) in [5, 5.41) is 3.30. The highest BCUT2D eigenvalue weighted by Crippen LogP contribution is 2.11. The second kappa shape index (κ2) is 8.48. The van der Waals surface area contributed by atoms with Crippen LogP contribution in [-0.4, -0.2) is 49.7 Å². The van der Waals surface area contributed by atoms with Gasteiger partial charge in [-0.25, -0.2) is 0 Å². The molecule has 1 N–H and O–H groups in total. The van der Waals surface area contributed by atoms with E-state index in [2.05, 4.69) is 24.1 Å². The Labute approximate surface area is 111 Å². The van der Waals surface area contributed by atoms with Gasteiger partial charge in [-0.15, -0.1) is 0 Å². The van der Waals surface area contributed by atoms with Crippen molar-refractivity contribution in [1.29, 1.82) is 0 Å². The summed E-state index contributed by atoms with van der Waals surface area (Å²) in [6.07, 6.45) is 6.48. The molecular weight excluding hydrogens is 228 g/mol. The Morgan fingerprint density at radius 1 is 1.17 bits per heavy atom. The first-order chi connectivity index (χ1) is 8.63. The van der Waals surface area contributed by atoms with Crippen LogP contribution in [0.1, 0.15) is 46.0 Å². The van der Waals surface area contributed by atoms with Crippen molar-refractivity contribution in [3.63, 3.8) is 0 Å². The minimum Gasteiger partial charge on any atom is -0.468 e. The van der Waals surface area contributed by atoms with Crippen molar-refractivity contribution in [1.82, 2.24) is 10.2 Å². The Morgan fingerprint density at radius 3 is 2.22 bits per heavy atom. The van der Waals surface area contributed by atoms with Gasteiger partial charge in [0.1, 0.15) is 6.04 Å². The Hall–Kier alpha value is -0.610. The average molecular weight is 256 g/mol. The van der Waals surface area contributed by atoms with Crippen LogP contribution >= 0.6 is 0 Å². The normalized spacial score (nSPS) is 20.2. The van der Waals surface area contributed by atoms with Gasteiger partial charge in [0, 0.05) is 12.6 Å². The second-order valence-corrected chi connectivity index (χ2v) is 5.47. The van der Waals surface area contributed by atoms with E-state index in [0.717, 1.165) is 19.6 Å². The summed E-state index contributed by atoms with van der Waals surface area (Å²) >= 11 is 0. The van der Waals surface area contributed by atoms with Crippen molar-refractivity contribution in [2.45, 2.75) is 58.0 Å². The van der Waals surface area contributed by atoms with Crippen LogP contribution < -0.4 is 5.32 Å². The molecule has 0 bridgehead atoms. The van der Waals surface area contributed by atoms with Gasteiger partial charge in [0.25, 0.3) is 0 Å². The highest BCUT2D eigenvalue weighted by Gasteiger charge is 2.23. The summed E-state index contributed by atoms with van der Waals surface area (Å²) < 4.78 is 4.88. The highest BCUT2D eigenvalue weighted by atomic mass is 16.5. The number of nitrogens with one attached hydrogen (secondary N) is 1. The number of nitrogens with zero attached hydrogens (tertiary/aromatic N) is 1. The Morgan fingerprint density at radius 2 is 1.72 bits per heavy atom. The SMILES string of the molecule is COC(=O)C(CN1CCCCCCC1)NC(C)C. The number of carbonyl (C=O) groups is 1. The van der Waals surface area contributed by atoms with Gasteiger partial charge in [-0.1, -0.05) is 33.1 Å². The molecule has 0 aromatic carbocycles. The predicted molar refractivity (Wildman–Crippen MR) is 73.6 cm³/mol. The zero-order chi connectivity index (χ0) is 13.4. The summed E-state index contributed by atoms with van der Waals surface area (Å²) in [7, 11) is 1.46. The van der Waals surface area contributed by atoms with Gasteiger partial charge in [-0.3, -0.25) is 4.79 Å². The summed E-state index contributed by atoms with van der Waals surface area (Å²) in [5.74, 6) is -0.147. The zero-order valence-electron chi connectivity index (χ0n) is 12.1. The molecule has 1 rings (SSSR count). The molecule has 106 valence electrons. The standard InChI is InChI=1S/C14H28N2O2/c1-12(2)15-13(14(17)18-3)11-16-9-7-5-4-6-8-10-16/h12-13,15H,4-11H2,1-3H3. The number of likely N-dealkylation sites (tertiary alicyclic amines) is 1. The van der Waals surface area contributed by atoms with E-state index in [1.807, 2.05) is 0 Å². The maximum atomic E-state index is 11.8. The van der Waals surface area contributed by atoms with Crippen molar-refractivity contribution in [3.05, 3.63) is 0 Å². The molecule has 1 atom stereocenters. The zero-order valence-corrected chi connectivity index (χ0v) is 12.1. The summed E-state index contributed by atoms with van der Waals surface area (Å²) in [4.78, 5) is 14.2. The number of rotatable bonds is 5. The van der Waals surface area contributed by atoms with E-state index in [0.29, 0.717) is 6.04 Å². The number of carbonyl (C=O) groups excluding carboxylic acids is 1. The van der Waals surface area contributed by atoms with Crippen LogP contribution in [0.15, 0.2) is 0 Å². The van der Waals surface area contributed by atoms with E-state index in [1.165, 1.54) is 39.2 Å². The van der Waals surface area contributed by atoms with Crippen LogP contribution in [-0.2, 0) is 9.53 Å². The number of esters is 1. The largest absolute Gasteiger partial charge is 0.468 e. The molecule has 0 aromatic rings. The maximum absolute atomic E-state index is 11.8. The molecule has 0 aromatic heterocycles. The number of methoxy groups -OCH3 is 1. The van der Waals surface area contributed by atoms with E-state index in [1.54, 1.807) is 0 Å². The Bertz CT molecular complexity index is 236. The van der Waals surface area contributed by atoms with E-state index in [4.69, 9.17) is 4.74 Å². The molecule has 1 aliphatic rings. The van der Waals surface area contributed by atoms with E-state index in [-0.39, 0.29) is 12.0 Å². The summed E-state index contributed by atoms with van der Waals surface area (Å²) in [6.45, 7) is 7.10. The Kier molecular flexibility index (Phi) is 7.28. The molecule has 0 saturated carbocycles. The number of ether oxygens (including phenoxy) is 1. The van der Waals surface area contributed by atoms with Crippen LogP contribution in [0.5, 0.6) is 0 Å². The lowest BCUT2D eigenvalue weighted by atomic mass is 10.1. The molecule has 0 aliphatic carbocycles. The third kappa shape index (κ3) is 5.83. The van der Waals surface area contributed by atoms with Crippen molar-refractivity contribution in [2.24, 2.45) is 0 Å². The van der Waals surface area contributed by atoms with Crippen molar-refractivity contribution in [2.75, 3.05) is 26.7 Å². The van der Waals surface area contributed by atoms with Crippen LogP contribution in [0.4, 0.5) is 0 Å². The summed E-state index contributed by atoms with van der Waals surface area (Å²) in [6, 6.07) is 0.0956. The molecule has 1 fully saturated rings. The minimum absolute atomic E-state index is 0.147. The third-order valence-electron chi connectivity index (χ3n) is 3.41. The molecule has 1 aliphatic heterocycles. The van der Waals surface area contributed by atoms with Gasteiger partial charge >= 0.3 is 5.97 Å². The molecule has 0 spiro atoms. The van der Waals surface area contributed by atoms with Gasteiger partial charge < -0.3 is 15.0 Å². The van der Waals surface area contributed by atoms with Gasteiger partial charge in [-0.2, -0.15) is 0 Å². The van der Waals surface area contributed by atoms with Crippen LogP contribution in [0.2, 0.25) is 0 Å². The van der Waals surface area contributed by atoms with Crippen LogP contribution in [0.3, 0.4) is 0 Å². The molecule has 1 saturated heterocycles. The van der Waals surface area contributed by atoms with E-state index in [9.17, 15) is 4.79 Å². The van der Waals surface area contributed by atoms with E-state index >= 15 is 0 Å². The molecule has 0 amide bonds. The maximum Gasteiger partial charge on any atom is 0.324 e. The fourth-order valence-electron chi connectivity index (χ4n) is 2.49. The predicted octanol–water partition coefficient (Wildman–Crippen LogP) is 1.79. The molecule has 1 heterocycles. The second-order valence-electron chi connectivity index (χ2n) is 5.47.